The number of hydrogen-bond donors (Lipinski definition) is 3. The van der Waals surface area contributed by atoms with E-state index in [4.69, 9.17) is 32.0 Å². The fourth-order valence-electron chi connectivity index (χ4n) is 4.27. The molecule has 19 heteroatoms. The number of amides is 2. The maximum atomic E-state index is 13.7. The van der Waals surface area contributed by atoms with Crippen LogP contribution in [0.3, 0.4) is 0 Å². The van der Waals surface area contributed by atoms with Crippen LogP contribution in [-0.2, 0) is 31.0 Å². The Morgan fingerprint density at radius 3 is 2.16 bits per heavy atom. The number of rotatable bonds is 13. The van der Waals surface area contributed by atoms with Gasteiger partial charge < -0.3 is 30.2 Å². The van der Waals surface area contributed by atoms with E-state index in [0.29, 0.717) is 28.3 Å². The third-order valence-corrected chi connectivity index (χ3v) is 8.60. The molecule has 0 radical (unpaired) electrons. The van der Waals surface area contributed by atoms with Crippen molar-refractivity contribution in [2.75, 3.05) is 38.1 Å². The van der Waals surface area contributed by atoms with Gasteiger partial charge in [-0.1, -0.05) is 29.8 Å². The molecule has 0 unspecified atom stereocenters. The molecule has 0 atom stereocenters. The molecule has 0 aliphatic heterocycles. The van der Waals surface area contributed by atoms with Crippen LogP contribution in [0, 0.1) is 0 Å². The fraction of sp³-hybridized carbons (Fsp3) is 0.258. The molecule has 0 aliphatic carbocycles. The van der Waals surface area contributed by atoms with E-state index in [1.165, 1.54) is 41.0 Å². The standard InChI is InChI=1S/C29H31ClN6O6S.C2HF3O2/c1-34(2)16-5-17-42-22-12-14-23(15-13-22)43(40,41)36(21-10-8-20(30)9-11-21)19-27(38)32-33-28-24-6-3-4-7-25(24)35(29(28)39)18-26(31)37;3-2(4,5)1(6)7/h3-4,6-15,39H,5,16-19H2,1-2H3,(H2,31,37);(H,6,7). The Labute approximate surface area is 289 Å². The number of primary amides is 1. The topological polar surface area (TPSA) is 197 Å². The van der Waals surface area contributed by atoms with Gasteiger partial charge in [0.2, 0.25) is 11.8 Å². The number of aromatic nitrogens is 1. The zero-order chi connectivity index (χ0) is 37.2. The predicted octanol–water partition coefficient (Wildman–Crippen LogP) is 4.96. The molecular weight excluding hydrogens is 709 g/mol. The number of carbonyl (C=O) groups excluding carboxylic acids is 2. The minimum atomic E-state index is -5.08. The number of benzene rings is 3. The number of azo groups is 1. The SMILES string of the molecule is CN(C)CCCOc1ccc(S(=O)(=O)N(CC(=O)N=Nc2c(O)n(CC(N)=O)c3ccccc23)c2ccc(Cl)cc2)cc1.O=C(O)C(F)(F)F. The number of para-hydroxylation sites is 1. The molecule has 0 fully saturated rings. The van der Waals surface area contributed by atoms with Crippen molar-refractivity contribution in [3.63, 3.8) is 0 Å². The number of anilines is 1. The molecule has 0 bridgehead atoms. The quantitative estimate of drug-likeness (QED) is 0.125. The largest absolute Gasteiger partial charge is 0.494 e. The second-order valence-corrected chi connectivity index (χ2v) is 12.9. The first-order valence-electron chi connectivity index (χ1n) is 14.4. The molecule has 4 rings (SSSR count). The summed E-state index contributed by atoms with van der Waals surface area (Å²) in [4.78, 5) is 35.4. The molecule has 0 saturated carbocycles. The van der Waals surface area contributed by atoms with E-state index < -0.39 is 46.4 Å². The van der Waals surface area contributed by atoms with Gasteiger partial charge in [0.25, 0.3) is 15.9 Å². The molecule has 4 N–H and O–H groups in total. The van der Waals surface area contributed by atoms with E-state index in [2.05, 4.69) is 10.2 Å². The van der Waals surface area contributed by atoms with Gasteiger partial charge >= 0.3 is 12.1 Å². The van der Waals surface area contributed by atoms with Crippen molar-refractivity contribution in [2.45, 2.75) is 24.0 Å². The second kappa shape index (κ2) is 17.0. The van der Waals surface area contributed by atoms with Gasteiger partial charge in [0, 0.05) is 17.0 Å². The number of aromatic hydroxyl groups is 1. The number of carbonyl (C=O) groups is 3. The van der Waals surface area contributed by atoms with Crippen LogP contribution >= 0.6 is 11.6 Å². The lowest BCUT2D eigenvalue weighted by molar-refractivity contribution is -0.192. The van der Waals surface area contributed by atoms with Gasteiger partial charge in [0.15, 0.2) is 5.69 Å². The van der Waals surface area contributed by atoms with Gasteiger partial charge in [-0.15, -0.1) is 10.2 Å². The molecule has 1 heterocycles. The minimum absolute atomic E-state index is 0.0627. The first kappa shape index (κ1) is 39.2. The number of nitrogens with two attached hydrogens (primary N) is 1. The molecule has 0 saturated heterocycles. The van der Waals surface area contributed by atoms with Gasteiger partial charge in [-0.3, -0.25) is 13.9 Å². The summed E-state index contributed by atoms with van der Waals surface area (Å²) in [5.74, 6) is -4.26. The second-order valence-electron chi connectivity index (χ2n) is 10.6. The van der Waals surface area contributed by atoms with Gasteiger partial charge in [0.1, 0.15) is 18.8 Å². The van der Waals surface area contributed by atoms with Crippen molar-refractivity contribution in [1.29, 1.82) is 0 Å². The first-order chi connectivity index (χ1) is 23.4. The normalized spacial score (nSPS) is 11.7. The summed E-state index contributed by atoms with van der Waals surface area (Å²) < 4.78 is 67.1. The van der Waals surface area contributed by atoms with E-state index >= 15 is 0 Å². The lowest BCUT2D eigenvalue weighted by atomic mass is 10.2. The maximum absolute atomic E-state index is 13.7. The van der Waals surface area contributed by atoms with Crippen LogP contribution in [0.2, 0.25) is 5.02 Å². The number of ether oxygens (including phenoxy) is 1. The van der Waals surface area contributed by atoms with Gasteiger partial charge in [-0.25, -0.2) is 13.2 Å². The number of alkyl halides is 3. The van der Waals surface area contributed by atoms with E-state index in [-0.39, 0.29) is 22.8 Å². The lowest BCUT2D eigenvalue weighted by Gasteiger charge is -2.23. The average molecular weight is 741 g/mol. The summed E-state index contributed by atoms with van der Waals surface area (Å²) in [6.07, 6.45) is -4.28. The van der Waals surface area contributed by atoms with Crippen molar-refractivity contribution in [3.05, 3.63) is 77.8 Å². The van der Waals surface area contributed by atoms with E-state index in [0.717, 1.165) is 17.3 Å². The minimum Gasteiger partial charge on any atom is -0.494 e. The van der Waals surface area contributed by atoms with Crippen LogP contribution in [0.5, 0.6) is 11.6 Å². The number of carboxylic acids is 1. The van der Waals surface area contributed by atoms with E-state index in [1.807, 2.05) is 19.0 Å². The lowest BCUT2D eigenvalue weighted by Crippen LogP contribution is -2.35. The van der Waals surface area contributed by atoms with Crippen LogP contribution < -0.4 is 14.8 Å². The molecule has 0 aliphatic rings. The molecule has 4 aromatic rings. The Kier molecular flexibility index (Phi) is 13.3. The Balaban J connectivity index is 0.000000872. The first-order valence-corrected chi connectivity index (χ1v) is 16.2. The highest BCUT2D eigenvalue weighted by molar-refractivity contribution is 7.92. The number of carboxylic acid groups (broad SMARTS) is 1. The highest BCUT2D eigenvalue weighted by Gasteiger charge is 2.38. The molecule has 14 nitrogen and oxygen atoms in total. The average Bonchev–Trinajstić information content (AvgIpc) is 3.30. The van der Waals surface area contributed by atoms with Crippen molar-refractivity contribution in [3.8, 4) is 11.6 Å². The van der Waals surface area contributed by atoms with Gasteiger partial charge in [-0.05, 0) is 75.1 Å². The number of nitrogens with zero attached hydrogens (tertiary/aromatic N) is 5. The molecule has 3 aromatic carbocycles. The predicted molar refractivity (Wildman–Crippen MR) is 177 cm³/mol. The van der Waals surface area contributed by atoms with Crippen LogP contribution in [0.1, 0.15) is 6.42 Å². The third-order valence-electron chi connectivity index (χ3n) is 6.56. The van der Waals surface area contributed by atoms with Crippen LogP contribution in [0.15, 0.2) is 87.9 Å². The van der Waals surface area contributed by atoms with Gasteiger partial charge in [0.05, 0.1) is 22.7 Å². The van der Waals surface area contributed by atoms with Crippen LogP contribution in [0.25, 0.3) is 10.9 Å². The smallest absolute Gasteiger partial charge is 0.490 e. The Morgan fingerprint density at radius 1 is 1.00 bits per heavy atom. The molecule has 50 heavy (non-hydrogen) atoms. The number of halogens is 4. The molecule has 0 spiro atoms. The Hall–Kier alpha value is -5.20. The number of sulfonamides is 1. The summed E-state index contributed by atoms with van der Waals surface area (Å²) in [5, 5.41) is 26.3. The highest BCUT2D eigenvalue weighted by Crippen LogP contribution is 2.38. The number of aliphatic carboxylic acids is 1. The molecule has 268 valence electrons. The maximum Gasteiger partial charge on any atom is 0.490 e. The zero-order valence-electron chi connectivity index (χ0n) is 26.5. The summed E-state index contributed by atoms with van der Waals surface area (Å²) in [7, 11) is -0.319. The summed E-state index contributed by atoms with van der Waals surface area (Å²) in [5.41, 5.74) is 5.88. The molecular formula is C31H32ClF3N6O8S. The van der Waals surface area contributed by atoms with Crippen molar-refractivity contribution in [2.24, 2.45) is 16.0 Å². The van der Waals surface area contributed by atoms with E-state index in [1.54, 1.807) is 36.4 Å². The fourth-order valence-corrected chi connectivity index (χ4v) is 5.81. The molecule has 1 aromatic heterocycles. The molecule has 2 amide bonds. The monoisotopic (exact) mass is 740 g/mol. The number of fused-ring (bicyclic) bond motifs is 1. The highest BCUT2D eigenvalue weighted by atomic mass is 35.5. The zero-order valence-corrected chi connectivity index (χ0v) is 28.1. The van der Waals surface area contributed by atoms with Crippen molar-refractivity contribution in [1.82, 2.24) is 9.47 Å². The van der Waals surface area contributed by atoms with Crippen LogP contribution in [0.4, 0.5) is 24.5 Å². The number of hydrogen-bond acceptors (Lipinski definition) is 9. The van der Waals surface area contributed by atoms with E-state index in [9.17, 15) is 36.3 Å². The van der Waals surface area contributed by atoms with Gasteiger partial charge in [-0.2, -0.15) is 13.2 Å². The summed E-state index contributed by atoms with van der Waals surface area (Å²) in [6.45, 7) is 0.301. The summed E-state index contributed by atoms with van der Waals surface area (Å²) >= 11 is 6.01. The van der Waals surface area contributed by atoms with Crippen molar-refractivity contribution >= 4 is 61.7 Å². The Bertz CT molecular complexity index is 1950. The third kappa shape index (κ3) is 10.6. The van der Waals surface area contributed by atoms with Crippen LogP contribution in [-0.4, -0.2) is 85.8 Å². The Morgan fingerprint density at radius 2 is 1.60 bits per heavy atom. The van der Waals surface area contributed by atoms with Crippen molar-refractivity contribution < 1.29 is 50.9 Å². The summed E-state index contributed by atoms with van der Waals surface area (Å²) in [6, 6.07) is 18.5.